The van der Waals surface area contributed by atoms with Crippen LogP contribution >= 0.6 is 0 Å². The van der Waals surface area contributed by atoms with Gasteiger partial charge in [0, 0.05) is 0 Å². The van der Waals surface area contributed by atoms with Gasteiger partial charge in [0.15, 0.2) is 12.4 Å². The molecule has 1 rings (SSSR count). The van der Waals surface area contributed by atoms with Crippen LogP contribution in [-0.4, -0.2) is 17.7 Å². The summed E-state index contributed by atoms with van der Waals surface area (Å²) in [7, 11) is 0. The van der Waals surface area contributed by atoms with Gasteiger partial charge in [-0.1, -0.05) is 12.1 Å². The van der Waals surface area contributed by atoms with Gasteiger partial charge in [-0.3, -0.25) is 5.11 Å². The molecule has 12 heavy (non-hydrogen) atoms. The van der Waals surface area contributed by atoms with E-state index in [4.69, 9.17) is 5.11 Å². The van der Waals surface area contributed by atoms with Crippen molar-refractivity contribution in [1.29, 1.82) is 0 Å². The molecule has 0 amide bonds. The zero-order valence-corrected chi connectivity index (χ0v) is 6.19. The van der Waals surface area contributed by atoms with Crippen LogP contribution in [0.5, 0.6) is 11.5 Å². The number of carbonyl (C=O) groups is 1. The van der Waals surface area contributed by atoms with Gasteiger partial charge in [0.25, 0.3) is 0 Å². The van der Waals surface area contributed by atoms with E-state index in [2.05, 4.69) is 4.74 Å². The van der Waals surface area contributed by atoms with Crippen LogP contribution in [0.3, 0.4) is 0 Å². The molecule has 63 valence electrons. The number of hydrogen-bond donors (Lipinski definition) is 1. The average molecular weight is 167 g/mol. The van der Waals surface area contributed by atoms with Crippen LogP contribution in [0, 0.1) is 0 Å². The summed E-state index contributed by atoms with van der Waals surface area (Å²) in [6, 6.07) is 5.93. The summed E-state index contributed by atoms with van der Waals surface area (Å²) in [4.78, 5) is 10.1. The second kappa shape index (κ2) is 3.61. The lowest BCUT2D eigenvalue weighted by Crippen LogP contribution is -2.09. The molecule has 0 saturated carbocycles. The minimum atomic E-state index is -1.10. The molecule has 4 heteroatoms. The lowest BCUT2D eigenvalue weighted by Gasteiger charge is -2.01. The molecule has 0 aliphatic carbocycles. The van der Waals surface area contributed by atoms with Crippen LogP contribution in [0.1, 0.15) is 0 Å². The van der Waals surface area contributed by atoms with Crippen molar-refractivity contribution in [3.63, 3.8) is 0 Å². The van der Waals surface area contributed by atoms with Gasteiger partial charge in [-0.05, 0) is 12.1 Å². The highest BCUT2D eigenvalue weighted by molar-refractivity contribution is 5.68. The van der Waals surface area contributed by atoms with Gasteiger partial charge in [-0.2, -0.15) is 0 Å². The Balaban J connectivity index is 2.63. The van der Waals surface area contributed by atoms with E-state index in [0.717, 1.165) is 0 Å². The maximum Gasteiger partial charge on any atom is 0.341 e. The molecule has 0 atom stereocenters. The predicted molar refractivity (Wildman–Crippen MR) is 39.7 cm³/mol. The first-order chi connectivity index (χ1) is 5.70. The molecule has 0 spiro atoms. The van der Waals surface area contributed by atoms with Crippen molar-refractivity contribution in [3.05, 3.63) is 24.3 Å². The van der Waals surface area contributed by atoms with E-state index in [-0.39, 0.29) is 11.5 Å². The third-order valence-corrected chi connectivity index (χ3v) is 1.20. The Morgan fingerprint density at radius 1 is 1.42 bits per heavy atom. The number of carboxylic acids is 1. The van der Waals surface area contributed by atoms with E-state index < -0.39 is 12.6 Å². The number of carboxylic acid groups (broad SMARTS) is 1. The molecule has 0 aromatic heterocycles. The monoisotopic (exact) mass is 167 g/mol. The zero-order valence-electron chi connectivity index (χ0n) is 6.19. The fraction of sp³-hybridized carbons (Fsp3) is 0.125. The zero-order chi connectivity index (χ0) is 8.97. The number of ether oxygens (including phenoxy) is 1. The number of benzene rings is 1. The van der Waals surface area contributed by atoms with E-state index in [1.165, 1.54) is 12.1 Å². The Hall–Kier alpha value is -1.71. The Labute approximate surface area is 69.0 Å². The first-order valence-electron chi connectivity index (χ1n) is 3.31. The van der Waals surface area contributed by atoms with Crippen molar-refractivity contribution in [2.75, 3.05) is 6.61 Å². The van der Waals surface area contributed by atoms with Crippen molar-refractivity contribution >= 4 is 5.97 Å². The Bertz CT molecular complexity index is 282. The summed E-state index contributed by atoms with van der Waals surface area (Å²) in [6.07, 6.45) is 0. The van der Waals surface area contributed by atoms with Crippen LogP contribution in [0.2, 0.25) is 0 Å². The van der Waals surface area contributed by atoms with Crippen molar-refractivity contribution in [1.82, 2.24) is 0 Å². The number of hydrogen-bond acceptors (Lipinski definition) is 2. The minimum Gasteiger partial charge on any atom is -0.479 e. The first kappa shape index (κ1) is 8.39. The van der Waals surface area contributed by atoms with Gasteiger partial charge in [-0.25, -0.2) is 4.79 Å². The van der Waals surface area contributed by atoms with Gasteiger partial charge < -0.3 is 9.84 Å². The summed E-state index contributed by atoms with van der Waals surface area (Å²) in [5.41, 5.74) is 0. The molecular formula is C8H7O4. The molecule has 0 unspecified atom stereocenters. The third-order valence-electron chi connectivity index (χ3n) is 1.20. The normalized spacial score (nSPS) is 9.33. The van der Waals surface area contributed by atoms with E-state index >= 15 is 0 Å². The lowest BCUT2D eigenvalue weighted by molar-refractivity contribution is -0.139. The van der Waals surface area contributed by atoms with Crippen LogP contribution in [-0.2, 0) is 9.90 Å². The number of rotatable bonds is 3. The second-order valence-corrected chi connectivity index (χ2v) is 2.13. The highest BCUT2D eigenvalue weighted by Gasteiger charge is 2.04. The van der Waals surface area contributed by atoms with E-state index in [1.807, 2.05) is 0 Å². The maximum atomic E-state index is 10.9. The highest BCUT2D eigenvalue weighted by atomic mass is 16.5. The van der Waals surface area contributed by atoms with Gasteiger partial charge >= 0.3 is 5.97 Å². The van der Waals surface area contributed by atoms with Crippen molar-refractivity contribution < 1.29 is 19.7 Å². The molecule has 4 nitrogen and oxygen atoms in total. The predicted octanol–water partition coefficient (Wildman–Crippen LogP) is 1.29. The van der Waals surface area contributed by atoms with Gasteiger partial charge in [0.05, 0.1) is 0 Å². The molecule has 0 saturated heterocycles. The van der Waals surface area contributed by atoms with Crippen molar-refractivity contribution in [3.8, 4) is 11.5 Å². The lowest BCUT2D eigenvalue weighted by atomic mass is 10.3. The molecule has 0 bridgehead atoms. The first-order valence-corrected chi connectivity index (χ1v) is 3.31. The molecule has 0 aliphatic heterocycles. The second-order valence-electron chi connectivity index (χ2n) is 2.13. The van der Waals surface area contributed by atoms with E-state index in [1.54, 1.807) is 12.1 Å². The molecule has 0 aliphatic rings. The molecule has 0 fully saturated rings. The van der Waals surface area contributed by atoms with E-state index in [0.29, 0.717) is 0 Å². The third kappa shape index (κ3) is 2.16. The largest absolute Gasteiger partial charge is 0.479 e. The number of aliphatic carboxylic acids is 1. The Kier molecular flexibility index (Phi) is 2.53. The minimum absolute atomic E-state index is 0.0694. The van der Waals surface area contributed by atoms with Crippen molar-refractivity contribution in [2.45, 2.75) is 0 Å². The van der Waals surface area contributed by atoms with Crippen LogP contribution in [0.15, 0.2) is 24.3 Å². The smallest absolute Gasteiger partial charge is 0.341 e. The van der Waals surface area contributed by atoms with Crippen LogP contribution in [0.25, 0.3) is 0 Å². The van der Waals surface area contributed by atoms with Gasteiger partial charge in [0.2, 0.25) is 5.75 Å². The fourth-order valence-corrected chi connectivity index (χ4v) is 0.709. The molecule has 1 aromatic carbocycles. The van der Waals surface area contributed by atoms with E-state index in [9.17, 15) is 9.90 Å². The SMILES string of the molecule is [O]c1ccccc1OCC(=O)O. The summed E-state index contributed by atoms with van der Waals surface area (Å²) in [5, 5.41) is 19.2. The Morgan fingerprint density at radius 3 is 2.67 bits per heavy atom. The maximum absolute atomic E-state index is 10.9. The quantitative estimate of drug-likeness (QED) is 0.737. The standard InChI is InChI=1S/C8H7O4/c9-6-3-1-2-4-7(6)12-5-8(10)11/h1-4H,5H2,(H,10,11). The summed E-state index contributed by atoms with van der Waals surface area (Å²) in [5.74, 6) is -1.34. The molecular weight excluding hydrogens is 160 g/mol. The average Bonchev–Trinajstić information content (AvgIpc) is 2.03. The van der Waals surface area contributed by atoms with Crippen LogP contribution < -0.4 is 4.74 Å². The van der Waals surface area contributed by atoms with Crippen LogP contribution in [0.4, 0.5) is 0 Å². The molecule has 1 radical (unpaired) electrons. The fourth-order valence-electron chi connectivity index (χ4n) is 0.709. The molecule has 0 heterocycles. The summed E-state index contributed by atoms with van der Waals surface area (Å²) >= 11 is 0. The highest BCUT2D eigenvalue weighted by Crippen LogP contribution is 2.24. The summed E-state index contributed by atoms with van der Waals surface area (Å²) < 4.78 is 4.69. The Morgan fingerprint density at radius 2 is 2.08 bits per heavy atom. The topological polar surface area (TPSA) is 66.4 Å². The van der Waals surface area contributed by atoms with Crippen molar-refractivity contribution in [2.24, 2.45) is 0 Å². The molecule has 1 aromatic rings. The summed E-state index contributed by atoms with van der Waals surface area (Å²) in [6.45, 7) is -0.487. The van der Waals surface area contributed by atoms with Gasteiger partial charge in [0.1, 0.15) is 0 Å². The molecule has 1 N–H and O–H groups in total. The number of para-hydroxylation sites is 2. The van der Waals surface area contributed by atoms with Gasteiger partial charge in [-0.15, -0.1) is 0 Å².